The van der Waals surface area contributed by atoms with Gasteiger partial charge in [-0.2, -0.15) is 0 Å². The first-order chi connectivity index (χ1) is 12.6. The molecule has 0 bridgehead atoms. The Morgan fingerprint density at radius 2 is 2.15 bits per heavy atom. The highest BCUT2D eigenvalue weighted by Gasteiger charge is 2.36. The third-order valence-corrected chi connectivity index (χ3v) is 6.31. The molecule has 0 unspecified atom stereocenters. The zero-order chi connectivity index (χ0) is 20.2. The number of hydrogen-bond acceptors (Lipinski definition) is 5. The quantitative estimate of drug-likeness (QED) is 0.524. The Balaban J connectivity index is 1.96. The fourth-order valence-electron chi connectivity index (χ4n) is 2.89. The summed E-state index contributed by atoms with van der Waals surface area (Å²) in [6.07, 6.45) is 1.84. The van der Waals surface area contributed by atoms with Crippen molar-refractivity contribution in [1.29, 1.82) is 0 Å². The molecular weight excluding hydrogens is 397 g/mol. The molecule has 148 valence electrons. The number of amides is 1. The number of ether oxygens (including phenoxy) is 1. The number of sulfone groups is 1. The van der Waals surface area contributed by atoms with E-state index in [-0.39, 0.29) is 16.5 Å². The summed E-state index contributed by atoms with van der Waals surface area (Å²) in [4.78, 5) is 25.9. The predicted molar refractivity (Wildman–Crippen MR) is 100 cm³/mol. The lowest BCUT2D eigenvalue weighted by atomic mass is 10.2. The minimum absolute atomic E-state index is 0.0541. The third-order valence-electron chi connectivity index (χ3n) is 4.27. The van der Waals surface area contributed by atoms with E-state index in [9.17, 15) is 22.4 Å². The van der Waals surface area contributed by atoms with E-state index >= 15 is 0 Å². The topological polar surface area (TPSA) is 80.8 Å². The maximum absolute atomic E-state index is 13.1. The Morgan fingerprint density at radius 3 is 2.70 bits per heavy atom. The van der Waals surface area contributed by atoms with Gasteiger partial charge in [-0.15, -0.1) is 0 Å². The Labute approximate surface area is 162 Å². The molecule has 1 aliphatic rings. The lowest BCUT2D eigenvalue weighted by Gasteiger charge is -2.29. The number of rotatable bonds is 6. The molecule has 1 aromatic carbocycles. The number of nitrogens with zero attached hydrogens (tertiary/aromatic N) is 1. The first kappa shape index (κ1) is 21.4. The molecule has 0 aliphatic carbocycles. The van der Waals surface area contributed by atoms with Crippen molar-refractivity contribution in [2.24, 2.45) is 0 Å². The molecule has 1 saturated heterocycles. The number of likely N-dealkylation sites (N-methyl/N-ethyl adjacent to an activating group) is 1. The van der Waals surface area contributed by atoms with Gasteiger partial charge in [-0.1, -0.05) is 17.7 Å². The fraction of sp³-hybridized carbons (Fsp3) is 0.444. The summed E-state index contributed by atoms with van der Waals surface area (Å²) in [5.74, 6) is -1.77. The van der Waals surface area contributed by atoms with Gasteiger partial charge in [-0.05, 0) is 44.0 Å². The van der Waals surface area contributed by atoms with Gasteiger partial charge in [0.15, 0.2) is 15.9 Å². The van der Waals surface area contributed by atoms with Crippen molar-refractivity contribution in [3.05, 3.63) is 40.7 Å². The van der Waals surface area contributed by atoms with E-state index in [1.807, 2.05) is 0 Å². The van der Waals surface area contributed by atoms with Gasteiger partial charge in [-0.3, -0.25) is 4.79 Å². The van der Waals surface area contributed by atoms with Crippen molar-refractivity contribution < 1.29 is 27.1 Å². The van der Waals surface area contributed by atoms with Crippen molar-refractivity contribution >= 4 is 39.4 Å². The molecule has 1 fully saturated rings. The van der Waals surface area contributed by atoms with Crippen molar-refractivity contribution in [3.63, 3.8) is 0 Å². The summed E-state index contributed by atoms with van der Waals surface area (Å²) in [5.41, 5.74) is 0.503. The molecule has 9 heteroatoms. The maximum atomic E-state index is 13.1. The molecule has 2 atom stereocenters. The van der Waals surface area contributed by atoms with Crippen LogP contribution in [0.25, 0.3) is 6.08 Å². The van der Waals surface area contributed by atoms with E-state index in [1.54, 1.807) is 6.92 Å². The summed E-state index contributed by atoms with van der Waals surface area (Å²) in [6.45, 7) is 3.51. The number of carbonyl (C=O) groups is 2. The molecule has 0 N–H and O–H groups in total. The van der Waals surface area contributed by atoms with Crippen LogP contribution < -0.4 is 0 Å². The van der Waals surface area contributed by atoms with Crippen LogP contribution in [0.3, 0.4) is 0 Å². The Morgan fingerprint density at radius 1 is 1.44 bits per heavy atom. The second kappa shape index (κ2) is 8.84. The normalized spacial score (nSPS) is 19.8. The smallest absolute Gasteiger partial charge is 0.331 e. The molecule has 0 radical (unpaired) electrons. The third kappa shape index (κ3) is 5.77. The van der Waals surface area contributed by atoms with Gasteiger partial charge < -0.3 is 9.64 Å². The summed E-state index contributed by atoms with van der Waals surface area (Å²) < 4.78 is 41.5. The van der Waals surface area contributed by atoms with Gasteiger partial charge in [0, 0.05) is 18.7 Å². The molecular formula is C18H21ClFNO5S. The predicted octanol–water partition coefficient (Wildman–Crippen LogP) is 2.46. The highest BCUT2D eigenvalue weighted by molar-refractivity contribution is 7.91. The summed E-state index contributed by atoms with van der Waals surface area (Å²) >= 11 is 5.67. The van der Waals surface area contributed by atoms with E-state index in [0.29, 0.717) is 18.5 Å². The van der Waals surface area contributed by atoms with Crippen LogP contribution in [0.2, 0.25) is 5.02 Å². The summed E-state index contributed by atoms with van der Waals surface area (Å²) in [5, 5.41) is -0.0702. The van der Waals surface area contributed by atoms with Crippen LogP contribution in [0, 0.1) is 5.82 Å². The summed E-state index contributed by atoms with van der Waals surface area (Å²) in [7, 11) is -3.13. The Hall–Kier alpha value is -1.93. The standard InChI is InChI=1S/C18H21ClFNO5S/c1-3-21(14-8-9-27(24,25)11-14)18(23)12(2)26-17(22)7-5-13-4-6-16(20)15(19)10-13/h4-7,10,12,14H,3,8-9,11H2,1-2H3/b7-5+/t12-,14-/m1/s1. The molecule has 6 nitrogen and oxygen atoms in total. The SMILES string of the molecule is CCN(C(=O)[C@@H](C)OC(=O)/C=C/c1ccc(F)c(Cl)c1)[C@@H]1CCS(=O)(=O)C1. The van der Waals surface area contributed by atoms with Crippen LogP contribution in [0.15, 0.2) is 24.3 Å². The van der Waals surface area contributed by atoms with E-state index in [0.717, 1.165) is 6.08 Å². The van der Waals surface area contributed by atoms with Crippen molar-refractivity contribution in [2.75, 3.05) is 18.1 Å². The summed E-state index contributed by atoms with van der Waals surface area (Å²) in [6, 6.07) is 3.58. The minimum Gasteiger partial charge on any atom is -0.449 e. The van der Waals surface area contributed by atoms with E-state index in [2.05, 4.69) is 0 Å². The molecule has 1 heterocycles. The van der Waals surface area contributed by atoms with Gasteiger partial charge in [0.05, 0.1) is 16.5 Å². The van der Waals surface area contributed by atoms with E-state index in [4.69, 9.17) is 16.3 Å². The number of carbonyl (C=O) groups excluding carboxylic acids is 2. The zero-order valence-electron chi connectivity index (χ0n) is 15.0. The minimum atomic E-state index is -3.13. The van der Waals surface area contributed by atoms with Crippen LogP contribution >= 0.6 is 11.6 Å². The molecule has 0 aromatic heterocycles. The van der Waals surface area contributed by atoms with E-state index in [1.165, 1.54) is 36.1 Å². The van der Waals surface area contributed by atoms with Crippen LogP contribution in [-0.4, -0.2) is 55.4 Å². The monoisotopic (exact) mass is 417 g/mol. The van der Waals surface area contributed by atoms with Gasteiger partial charge in [0.25, 0.3) is 5.91 Å². The van der Waals surface area contributed by atoms with Gasteiger partial charge in [0.2, 0.25) is 0 Å². The zero-order valence-corrected chi connectivity index (χ0v) is 16.6. The Bertz CT molecular complexity index is 855. The first-order valence-electron chi connectivity index (χ1n) is 8.47. The molecule has 2 rings (SSSR count). The largest absolute Gasteiger partial charge is 0.449 e. The Kier molecular flexibility index (Phi) is 7.00. The van der Waals surface area contributed by atoms with Crippen LogP contribution in [0.5, 0.6) is 0 Å². The fourth-order valence-corrected chi connectivity index (χ4v) is 4.81. The lowest BCUT2D eigenvalue weighted by Crippen LogP contribution is -2.46. The number of hydrogen-bond donors (Lipinski definition) is 0. The van der Waals surface area contributed by atoms with Gasteiger partial charge >= 0.3 is 5.97 Å². The maximum Gasteiger partial charge on any atom is 0.331 e. The van der Waals surface area contributed by atoms with Crippen molar-refractivity contribution in [3.8, 4) is 0 Å². The molecule has 0 saturated carbocycles. The van der Waals surface area contributed by atoms with E-state index < -0.39 is 39.7 Å². The first-order valence-corrected chi connectivity index (χ1v) is 10.7. The average molecular weight is 418 g/mol. The molecule has 27 heavy (non-hydrogen) atoms. The molecule has 1 aliphatic heterocycles. The second-order valence-corrected chi connectivity index (χ2v) is 8.90. The van der Waals surface area contributed by atoms with Crippen LogP contribution in [-0.2, 0) is 24.2 Å². The second-order valence-electron chi connectivity index (χ2n) is 6.27. The van der Waals surface area contributed by atoms with Gasteiger partial charge in [0.1, 0.15) is 5.82 Å². The lowest BCUT2D eigenvalue weighted by molar-refractivity contribution is -0.156. The number of esters is 1. The molecule has 1 amide bonds. The highest BCUT2D eigenvalue weighted by atomic mass is 35.5. The van der Waals surface area contributed by atoms with Crippen LogP contribution in [0.1, 0.15) is 25.8 Å². The molecule has 0 spiro atoms. The van der Waals surface area contributed by atoms with Gasteiger partial charge in [-0.25, -0.2) is 17.6 Å². The van der Waals surface area contributed by atoms with Crippen molar-refractivity contribution in [2.45, 2.75) is 32.4 Å². The highest BCUT2D eigenvalue weighted by Crippen LogP contribution is 2.19. The average Bonchev–Trinajstić information content (AvgIpc) is 2.96. The number of halogens is 2. The van der Waals surface area contributed by atoms with Crippen LogP contribution in [0.4, 0.5) is 4.39 Å². The number of benzene rings is 1. The molecule has 1 aromatic rings. The van der Waals surface area contributed by atoms with Crippen molar-refractivity contribution in [1.82, 2.24) is 4.90 Å².